The Balaban J connectivity index is 1.36. The molecule has 0 aliphatic heterocycles. The van der Waals surface area contributed by atoms with Crippen molar-refractivity contribution in [1.29, 1.82) is 0 Å². The van der Waals surface area contributed by atoms with E-state index in [9.17, 15) is 9.90 Å². The van der Waals surface area contributed by atoms with Crippen molar-refractivity contribution in [3.05, 3.63) is 65.7 Å². The average Bonchev–Trinajstić information content (AvgIpc) is 3.25. The van der Waals surface area contributed by atoms with Crippen LogP contribution in [0, 0.1) is 11.8 Å². The Kier molecular flexibility index (Phi) is 5.67. The van der Waals surface area contributed by atoms with Gasteiger partial charge < -0.3 is 14.7 Å². The molecule has 0 saturated heterocycles. The molecule has 2 unspecified atom stereocenters. The number of ether oxygens (including phenoxy) is 1. The molecule has 4 atom stereocenters. The second-order valence-corrected chi connectivity index (χ2v) is 8.33. The van der Waals surface area contributed by atoms with Crippen molar-refractivity contribution in [2.24, 2.45) is 11.8 Å². The summed E-state index contributed by atoms with van der Waals surface area (Å²) >= 11 is 0. The van der Waals surface area contributed by atoms with Crippen LogP contribution >= 0.6 is 0 Å². The van der Waals surface area contributed by atoms with Crippen molar-refractivity contribution in [3.63, 3.8) is 0 Å². The Morgan fingerprint density at radius 3 is 2.36 bits per heavy atom. The molecule has 4 nitrogen and oxygen atoms in total. The van der Waals surface area contributed by atoms with Gasteiger partial charge in [0, 0.05) is 18.7 Å². The number of nitrogens with zero attached hydrogens (tertiary/aromatic N) is 1. The van der Waals surface area contributed by atoms with Gasteiger partial charge in [0.05, 0.1) is 12.5 Å². The van der Waals surface area contributed by atoms with Gasteiger partial charge in [0.25, 0.3) is 0 Å². The van der Waals surface area contributed by atoms with Crippen LogP contribution < -0.4 is 4.74 Å². The SMILES string of the molecule is CN(C(=O)Cc1ccccc1OCc1ccccc1)C1C[C@H]2CC(O)C[C@H]2C1. The third-order valence-corrected chi connectivity index (χ3v) is 6.46. The summed E-state index contributed by atoms with van der Waals surface area (Å²) in [4.78, 5) is 14.9. The number of rotatable bonds is 6. The van der Waals surface area contributed by atoms with Crippen molar-refractivity contribution < 1.29 is 14.6 Å². The number of para-hydroxylation sites is 1. The van der Waals surface area contributed by atoms with Crippen LogP contribution in [0.3, 0.4) is 0 Å². The number of hydrogen-bond acceptors (Lipinski definition) is 3. The van der Waals surface area contributed by atoms with Gasteiger partial charge in [0.2, 0.25) is 5.91 Å². The Morgan fingerprint density at radius 2 is 1.64 bits per heavy atom. The summed E-state index contributed by atoms with van der Waals surface area (Å²) in [5, 5.41) is 9.83. The number of aliphatic hydroxyl groups excluding tert-OH is 1. The van der Waals surface area contributed by atoms with E-state index in [1.165, 1.54) is 0 Å². The van der Waals surface area contributed by atoms with Gasteiger partial charge >= 0.3 is 0 Å². The third-order valence-electron chi connectivity index (χ3n) is 6.46. The van der Waals surface area contributed by atoms with Gasteiger partial charge in [-0.25, -0.2) is 0 Å². The zero-order valence-electron chi connectivity index (χ0n) is 16.5. The molecule has 2 saturated carbocycles. The number of carbonyl (C=O) groups excluding carboxylic acids is 1. The highest BCUT2D eigenvalue weighted by atomic mass is 16.5. The van der Waals surface area contributed by atoms with Crippen LogP contribution in [-0.4, -0.2) is 35.1 Å². The normalized spacial score (nSPS) is 26.1. The lowest BCUT2D eigenvalue weighted by atomic mass is 10.0. The Bertz CT molecular complexity index is 793. The van der Waals surface area contributed by atoms with Crippen LogP contribution in [0.1, 0.15) is 36.8 Å². The highest BCUT2D eigenvalue weighted by Crippen LogP contribution is 2.45. The lowest BCUT2D eigenvalue weighted by Crippen LogP contribution is -2.37. The molecule has 1 amide bonds. The van der Waals surface area contributed by atoms with Crippen molar-refractivity contribution in [2.45, 2.75) is 50.9 Å². The number of aliphatic hydroxyl groups is 1. The van der Waals surface area contributed by atoms with E-state index < -0.39 is 0 Å². The monoisotopic (exact) mass is 379 g/mol. The van der Waals surface area contributed by atoms with Crippen LogP contribution in [-0.2, 0) is 17.8 Å². The summed E-state index contributed by atoms with van der Waals surface area (Å²) < 4.78 is 6.00. The van der Waals surface area contributed by atoms with Crippen molar-refractivity contribution in [3.8, 4) is 5.75 Å². The number of hydrogen-bond donors (Lipinski definition) is 1. The van der Waals surface area contributed by atoms with E-state index in [-0.39, 0.29) is 12.0 Å². The first-order valence-electron chi connectivity index (χ1n) is 10.3. The zero-order chi connectivity index (χ0) is 19.5. The van der Waals surface area contributed by atoms with E-state index in [2.05, 4.69) is 0 Å². The minimum Gasteiger partial charge on any atom is -0.489 e. The standard InChI is InChI=1S/C24H29NO3/c1-25(21-11-19-13-22(26)14-20(19)12-21)24(27)15-18-9-5-6-10-23(18)28-16-17-7-3-2-4-8-17/h2-10,19-22,26H,11-16H2,1H3/t19-,20+,21?,22?. The largest absolute Gasteiger partial charge is 0.489 e. The Labute approximate surface area is 167 Å². The minimum atomic E-state index is -0.134. The first kappa shape index (κ1) is 19.0. The van der Waals surface area contributed by atoms with Crippen LogP contribution in [0.5, 0.6) is 5.75 Å². The third kappa shape index (κ3) is 4.22. The van der Waals surface area contributed by atoms with E-state index in [1.807, 2.05) is 66.5 Å². The number of carbonyl (C=O) groups is 1. The fourth-order valence-corrected chi connectivity index (χ4v) is 4.89. The molecular formula is C24H29NO3. The quantitative estimate of drug-likeness (QED) is 0.830. The molecule has 4 rings (SSSR count). The van der Waals surface area contributed by atoms with E-state index in [0.717, 1.165) is 42.6 Å². The van der Waals surface area contributed by atoms with Gasteiger partial charge in [-0.15, -0.1) is 0 Å². The maximum absolute atomic E-state index is 12.9. The maximum Gasteiger partial charge on any atom is 0.227 e. The highest BCUT2D eigenvalue weighted by molar-refractivity contribution is 5.79. The highest BCUT2D eigenvalue weighted by Gasteiger charge is 2.43. The number of likely N-dealkylation sites (N-methyl/N-ethyl adjacent to an activating group) is 1. The van der Waals surface area contributed by atoms with Gasteiger partial charge in [-0.3, -0.25) is 4.79 Å². The van der Waals surface area contributed by atoms with Gasteiger partial charge in [-0.2, -0.15) is 0 Å². The lowest BCUT2D eigenvalue weighted by molar-refractivity contribution is -0.131. The molecule has 2 fully saturated rings. The molecule has 2 aromatic carbocycles. The first-order chi connectivity index (χ1) is 13.6. The van der Waals surface area contributed by atoms with Gasteiger partial charge in [0.15, 0.2) is 0 Å². The minimum absolute atomic E-state index is 0.134. The second-order valence-electron chi connectivity index (χ2n) is 8.33. The van der Waals surface area contributed by atoms with Crippen molar-refractivity contribution in [2.75, 3.05) is 7.05 Å². The van der Waals surface area contributed by atoms with E-state index in [1.54, 1.807) is 0 Å². The summed E-state index contributed by atoms with van der Waals surface area (Å²) in [7, 11) is 1.93. The summed E-state index contributed by atoms with van der Waals surface area (Å²) in [6.45, 7) is 0.496. The van der Waals surface area contributed by atoms with Gasteiger partial charge in [-0.05, 0) is 49.1 Å². The molecule has 0 aromatic heterocycles. The molecule has 0 bridgehead atoms. The summed E-state index contributed by atoms with van der Waals surface area (Å²) in [5.74, 6) is 2.08. The summed E-state index contributed by atoms with van der Waals surface area (Å²) in [6.07, 6.45) is 4.08. The fraction of sp³-hybridized carbons (Fsp3) is 0.458. The zero-order valence-corrected chi connectivity index (χ0v) is 16.5. The summed E-state index contributed by atoms with van der Waals surface area (Å²) in [5.41, 5.74) is 2.05. The predicted molar refractivity (Wildman–Crippen MR) is 109 cm³/mol. The molecule has 0 heterocycles. The average molecular weight is 380 g/mol. The molecule has 2 aliphatic rings. The maximum atomic E-state index is 12.9. The smallest absolute Gasteiger partial charge is 0.227 e. The second kappa shape index (κ2) is 8.36. The van der Waals surface area contributed by atoms with Gasteiger partial charge in [-0.1, -0.05) is 48.5 Å². The van der Waals surface area contributed by atoms with Crippen molar-refractivity contribution >= 4 is 5.91 Å². The fourth-order valence-electron chi connectivity index (χ4n) is 4.89. The number of fused-ring (bicyclic) bond motifs is 1. The Morgan fingerprint density at radius 1 is 1.00 bits per heavy atom. The predicted octanol–water partition coefficient (Wildman–Crippen LogP) is 3.82. The topological polar surface area (TPSA) is 49.8 Å². The number of amides is 1. The molecule has 2 aliphatic carbocycles. The molecule has 1 N–H and O–H groups in total. The molecule has 2 aromatic rings. The van der Waals surface area contributed by atoms with Crippen LogP contribution in [0.25, 0.3) is 0 Å². The van der Waals surface area contributed by atoms with Crippen molar-refractivity contribution in [1.82, 2.24) is 4.90 Å². The Hall–Kier alpha value is -2.33. The molecule has 0 radical (unpaired) electrons. The van der Waals surface area contributed by atoms with E-state index in [0.29, 0.717) is 30.9 Å². The number of benzene rings is 2. The summed E-state index contributed by atoms with van der Waals surface area (Å²) in [6, 6.07) is 18.2. The molecule has 4 heteroatoms. The van der Waals surface area contributed by atoms with Gasteiger partial charge in [0.1, 0.15) is 12.4 Å². The molecule has 28 heavy (non-hydrogen) atoms. The van der Waals surface area contributed by atoms with E-state index in [4.69, 9.17) is 4.74 Å². The lowest BCUT2D eigenvalue weighted by Gasteiger charge is -2.26. The van der Waals surface area contributed by atoms with Crippen LogP contribution in [0.15, 0.2) is 54.6 Å². The molecule has 148 valence electrons. The molecule has 0 spiro atoms. The van der Waals surface area contributed by atoms with E-state index >= 15 is 0 Å². The first-order valence-corrected chi connectivity index (χ1v) is 10.3. The van der Waals surface area contributed by atoms with Crippen LogP contribution in [0.4, 0.5) is 0 Å². The van der Waals surface area contributed by atoms with Crippen LogP contribution in [0.2, 0.25) is 0 Å². The molecular weight excluding hydrogens is 350 g/mol.